The Morgan fingerprint density at radius 2 is 2.04 bits per heavy atom. The van der Waals surface area contributed by atoms with E-state index in [4.69, 9.17) is 0 Å². The number of nitrogens with zero attached hydrogens (tertiary/aromatic N) is 1. The molecule has 2 atom stereocenters. The van der Waals surface area contributed by atoms with E-state index in [9.17, 15) is 8.60 Å². The molecule has 0 aliphatic carbocycles. The maximum Gasteiger partial charge on any atom is 0.191 e. The highest BCUT2D eigenvalue weighted by molar-refractivity contribution is 7.86. The van der Waals surface area contributed by atoms with Crippen molar-refractivity contribution in [1.82, 2.24) is 10.6 Å². The molecule has 4 nitrogen and oxygen atoms in total. The minimum Gasteiger partial charge on any atom is -0.355 e. The molecular formula is C17H28FN3OS. The van der Waals surface area contributed by atoms with Crippen molar-refractivity contribution in [2.45, 2.75) is 45.4 Å². The summed E-state index contributed by atoms with van der Waals surface area (Å²) in [5.41, 5.74) is 1.49. The Kier molecular flexibility index (Phi) is 7.19. The van der Waals surface area contributed by atoms with Crippen LogP contribution in [0.4, 0.5) is 4.39 Å². The second-order valence-corrected chi connectivity index (χ2v) is 8.86. The van der Waals surface area contributed by atoms with Crippen LogP contribution in [0.15, 0.2) is 23.2 Å². The number of hydrogen-bond acceptors (Lipinski definition) is 2. The lowest BCUT2D eigenvalue weighted by Gasteiger charge is -2.20. The highest BCUT2D eigenvalue weighted by atomic mass is 32.2. The molecule has 2 unspecified atom stereocenters. The predicted molar refractivity (Wildman–Crippen MR) is 96.8 cm³/mol. The molecule has 0 bridgehead atoms. The van der Waals surface area contributed by atoms with Gasteiger partial charge in [0.25, 0.3) is 0 Å². The molecule has 130 valence electrons. The number of halogens is 1. The van der Waals surface area contributed by atoms with E-state index in [0.29, 0.717) is 23.8 Å². The molecule has 0 fully saturated rings. The van der Waals surface area contributed by atoms with Gasteiger partial charge in [0.15, 0.2) is 5.96 Å². The fourth-order valence-electron chi connectivity index (χ4n) is 1.93. The Balaban J connectivity index is 2.56. The molecule has 1 aromatic carbocycles. The van der Waals surface area contributed by atoms with Crippen molar-refractivity contribution < 1.29 is 8.60 Å². The summed E-state index contributed by atoms with van der Waals surface area (Å²) in [7, 11) is 0.774. The van der Waals surface area contributed by atoms with Crippen LogP contribution in [0.3, 0.4) is 0 Å². The van der Waals surface area contributed by atoms with Crippen molar-refractivity contribution in [3.8, 4) is 0 Å². The monoisotopic (exact) mass is 341 g/mol. The first-order chi connectivity index (χ1) is 10.6. The fraction of sp³-hybridized carbons (Fsp3) is 0.588. The summed E-state index contributed by atoms with van der Waals surface area (Å²) in [6.45, 7) is 10.1. The van der Waals surface area contributed by atoms with Gasteiger partial charge in [-0.3, -0.25) is 9.20 Å². The van der Waals surface area contributed by atoms with Gasteiger partial charge in [0.05, 0.1) is 6.04 Å². The van der Waals surface area contributed by atoms with Crippen molar-refractivity contribution in [1.29, 1.82) is 0 Å². The quantitative estimate of drug-likeness (QED) is 0.639. The lowest BCUT2D eigenvalue weighted by atomic mass is 10.1. The number of guanidine groups is 1. The van der Waals surface area contributed by atoms with Crippen molar-refractivity contribution in [2.75, 3.05) is 19.3 Å². The zero-order chi connectivity index (χ0) is 17.6. The van der Waals surface area contributed by atoms with Gasteiger partial charge in [-0.25, -0.2) is 4.39 Å². The molecule has 0 aliphatic rings. The maximum atomic E-state index is 13.7. The van der Waals surface area contributed by atoms with Crippen LogP contribution in [0.5, 0.6) is 0 Å². The fourth-order valence-corrected chi connectivity index (χ4v) is 2.83. The highest BCUT2D eigenvalue weighted by Crippen LogP contribution is 2.16. The molecule has 0 heterocycles. The third-order valence-corrected chi connectivity index (χ3v) is 5.48. The number of rotatable bonds is 5. The van der Waals surface area contributed by atoms with Crippen LogP contribution < -0.4 is 10.6 Å². The molecule has 0 aromatic heterocycles. The van der Waals surface area contributed by atoms with E-state index in [1.54, 1.807) is 20.0 Å². The zero-order valence-electron chi connectivity index (χ0n) is 14.9. The first-order valence-corrected chi connectivity index (χ1v) is 9.08. The van der Waals surface area contributed by atoms with Gasteiger partial charge in [-0.15, -0.1) is 0 Å². The summed E-state index contributed by atoms with van der Waals surface area (Å²) >= 11 is 0. The van der Waals surface area contributed by atoms with Crippen molar-refractivity contribution >= 4 is 16.8 Å². The molecule has 0 saturated heterocycles. The van der Waals surface area contributed by atoms with Gasteiger partial charge in [0, 0.05) is 34.9 Å². The van der Waals surface area contributed by atoms with E-state index in [0.717, 1.165) is 5.56 Å². The molecule has 23 heavy (non-hydrogen) atoms. The van der Waals surface area contributed by atoms with Gasteiger partial charge in [-0.1, -0.05) is 12.1 Å². The van der Waals surface area contributed by atoms with Gasteiger partial charge in [0.2, 0.25) is 0 Å². The van der Waals surface area contributed by atoms with Crippen LogP contribution >= 0.6 is 0 Å². The molecular weight excluding hydrogens is 313 g/mol. The van der Waals surface area contributed by atoms with Gasteiger partial charge < -0.3 is 10.6 Å². The van der Waals surface area contributed by atoms with E-state index < -0.39 is 10.8 Å². The Hall–Kier alpha value is -1.43. The Bertz CT molecular complexity index is 582. The molecule has 0 saturated carbocycles. The minimum absolute atomic E-state index is 0.0792. The normalized spacial score (nSPS) is 15.2. The Labute approximate surface area is 141 Å². The second kappa shape index (κ2) is 8.43. The summed E-state index contributed by atoms with van der Waals surface area (Å²) in [6, 6.07) is 5.13. The highest BCUT2D eigenvalue weighted by Gasteiger charge is 2.18. The molecule has 6 heteroatoms. The molecule has 0 amide bonds. The average molecular weight is 341 g/mol. The molecule has 2 N–H and O–H groups in total. The Morgan fingerprint density at radius 3 is 2.57 bits per heavy atom. The molecule has 0 radical (unpaired) electrons. The van der Waals surface area contributed by atoms with Crippen molar-refractivity contribution in [3.63, 3.8) is 0 Å². The summed E-state index contributed by atoms with van der Waals surface area (Å²) < 4.78 is 25.5. The van der Waals surface area contributed by atoms with Crippen LogP contribution in [-0.2, 0) is 10.8 Å². The second-order valence-electron chi connectivity index (χ2n) is 6.54. The van der Waals surface area contributed by atoms with Crippen LogP contribution in [0, 0.1) is 12.7 Å². The molecule has 1 aromatic rings. The summed E-state index contributed by atoms with van der Waals surface area (Å²) in [4.78, 5) is 4.15. The molecule has 0 spiro atoms. The van der Waals surface area contributed by atoms with Gasteiger partial charge >= 0.3 is 0 Å². The number of aliphatic imine (C=N–C) groups is 1. The van der Waals surface area contributed by atoms with Crippen molar-refractivity contribution in [2.24, 2.45) is 4.99 Å². The largest absolute Gasteiger partial charge is 0.355 e. The predicted octanol–water partition coefficient (Wildman–Crippen LogP) is 2.91. The van der Waals surface area contributed by atoms with Crippen molar-refractivity contribution in [3.05, 3.63) is 35.1 Å². The molecule has 0 aliphatic heterocycles. The topological polar surface area (TPSA) is 53.5 Å². The third-order valence-electron chi connectivity index (χ3n) is 3.54. The van der Waals surface area contributed by atoms with Gasteiger partial charge in [0.1, 0.15) is 5.82 Å². The first kappa shape index (κ1) is 19.6. The summed E-state index contributed by atoms with van der Waals surface area (Å²) in [5, 5.41) is 6.37. The third kappa shape index (κ3) is 6.29. The minimum atomic E-state index is -0.905. The SMILES string of the molecule is CN=C(NCCS(=O)C(C)(C)C)NC(C)c1ccc(C)c(F)c1. The van der Waals surface area contributed by atoms with E-state index in [2.05, 4.69) is 15.6 Å². The maximum absolute atomic E-state index is 13.7. The number of nitrogens with one attached hydrogen (secondary N) is 2. The average Bonchev–Trinajstić information content (AvgIpc) is 2.47. The van der Waals surface area contributed by atoms with Crippen LogP contribution in [0.2, 0.25) is 0 Å². The number of hydrogen-bond donors (Lipinski definition) is 2. The summed E-state index contributed by atoms with van der Waals surface area (Å²) in [5.74, 6) is 0.960. The molecule has 1 rings (SSSR count). The van der Waals surface area contributed by atoms with Crippen LogP contribution in [0.25, 0.3) is 0 Å². The van der Waals surface area contributed by atoms with Crippen LogP contribution in [-0.4, -0.2) is 34.3 Å². The zero-order valence-corrected chi connectivity index (χ0v) is 15.7. The van der Waals surface area contributed by atoms with E-state index in [1.165, 1.54) is 6.07 Å². The van der Waals surface area contributed by atoms with E-state index in [-0.39, 0.29) is 16.6 Å². The smallest absolute Gasteiger partial charge is 0.191 e. The number of aryl methyl sites for hydroxylation is 1. The van der Waals surface area contributed by atoms with Gasteiger partial charge in [-0.05, 0) is 51.8 Å². The van der Waals surface area contributed by atoms with Gasteiger partial charge in [-0.2, -0.15) is 0 Å². The lowest BCUT2D eigenvalue weighted by molar-refractivity contribution is 0.607. The number of benzene rings is 1. The van der Waals surface area contributed by atoms with Crippen LogP contribution in [0.1, 0.15) is 44.9 Å². The van der Waals surface area contributed by atoms with E-state index in [1.807, 2.05) is 33.8 Å². The Morgan fingerprint density at radius 1 is 1.39 bits per heavy atom. The van der Waals surface area contributed by atoms with E-state index >= 15 is 0 Å². The summed E-state index contributed by atoms with van der Waals surface area (Å²) in [6.07, 6.45) is 0. The lowest BCUT2D eigenvalue weighted by Crippen LogP contribution is -2.41. The first-order valence-electron chi connectivity index (χ1n) is 7.77. The standard InChI is InChI=1S/C17H28FN3OS/c1-12-7-8-14(11-15(12)18)13(2)21-16(19-6)20-9-10-23(22)17(3,4)5/h7-8,11,13H,9-10H2,1-6H3,(H2,19,20,21).